The van der Waals surface area contributed by atoms with E-state index < -0.39 is 17.8 Å². The van der Waals surface area contributed by atoms with Crippen LogP contribution in [-0.2, 0) is 6.18 Å². The van der Waals surface area contributed by atoms with Gasteiger partial charge in [-0.1, -0.05) is 50.6 Å². The summed E-state index contributed by atoms with van der Waals surface area (Å²) in [6.45, 7) is 2.98. The minimum absolute atomic E-state index is 0.0628. The summed E-state index contributed by atoms with van der Waals surface area (Å²) in [5, 5.41) is 15.3. The van der Waals surface area contributed by atoms with Crippen molar-refractivity contribution in [1.29, 1.82) is 5.41 Å². The zero-order valence-corrected chi connectivity index (χ0v) is 21.6. The molecule has 4 heterocycles. The summed E-state index contributed by atoms with van der Waals surface area (Å²) in [5.41, 5.74) is 7.68. The average molecular weight is 533 g/mol. The zero-order valence-electron chi connectivity index (χ0n) is 21.6. The number of unbranched alkanes of at least 4 members (excludes halogenated alkanes) is 6. The SMILES string of the molecule is CCCCCCCCCOc1ccc(-c2noc([C@@H]3C(C4=C5CC4N5)CCN3C(=N)N)n2)cc1C(F)(F)F. The highest BCUT2D eigenvalue weighted by atomic mass is 19.4. The molecule has 2 bridgehead atoms. The topological polar surface area (TPSA) is 113 Å². The lowest BCUT2D eigenvalue weighted by Crippen LogP contribution is -2.57. The molecule has 4 N–H and O–H groups in total. The van der Waals surface area contributed by atoms with Gasteiger partial charge in [0.2, 0.25) is 11.7 Å². The Bertz CT molecular complexity index is 1190. The average Bonchev–Trinajstić information content (AvgIpc) is 3.45. The molecule has 2 saturated heterocycles. The summed E-state index contributed by atoms with van der Waals surface area (Å²) in [5.74, 6) is 0.110. The summed E-state index contributed by atoms with van der Waals surface area (Å²) in [6, 6.07) is 3.80. The molecule has 2 fully saturated rings. The predicted molar refractivity (Wildman–Crippen MR) is 136 cm³/mol. The molecule has 6 rings (SSSR count). The van der Waals surface area contributed by atoms with Gasteiger partial charge in [-0.3, -0.25) is 5.41 Å². The number of ether oxygens (including phenoxy) is 1. The first kappa shape index (κ1) is 26.4. The number of halogens is 3. The lowest BCUT2D eigenvalue weighted by atomic mass is 9.69. The molecule has 38 heavy (non-hydrogen) atoms. The van der Waals surface area contributed by atoms with Crippen LogP contribution in [0.25, 0.3) is 11.4 Å². The first-order valence-corrected chi connectivity index (χ1v) is 13.6. The maximum Gasteiger partial charge on any atom is 0.419 e. The lowest BCUT2D eigenvalue weighted by molar-refractivity contribution is -0.138. The molecular weight excluding hydrogens is 497 g/mol. The predicted octanol–water partition coefficient (Wildman–Crippen LogP) is 5.77. The number of aromatic nitrogens is 2. The van der Waals surface area contributed by atoms with Crippen molar-refractivity contribution in [2.45, 2.75) is 83.0 Å². The van der Waals surface area contributed by atoms with E-state index in [4.69, 9.17) is 20.4 Å². The van der Waals surface area contributed by atoms with Crippen molar-refractivity contribution < 1.29 is 22.4 Å². The number of alkyl halides is 3. The number of hydrogen-bond donors (Lipinski definition) is 3. The third-order valence-corrected chi connectivity index (χ3v) is 7.83. The Hall–Kier alpha value is -3.24. The molecule has 11 heteroatoms. The first-order chi connectivity index (χ1) is 18.3. The smallest absolute Gasteiger partial charge is 0.419 e. The molecule has 206 valence electrons. The van der Waals surface area contributed by atoms with Gasteiger partial charge >= 0.3 is 6.18 Å². The van der Waals surface area contributed by atoms with Crippen LogP contribution in [0.4, 0.5) is 13.2 Å². The first-order valence-electron chi connectivity index (χ1n) is 13.6. The van der Waals surface area contributed by atoms with Crippen molar-refractivity contribution in [3.8, 4) is 17.1 Å². The second-order valence-corrected chi connectivity index (χ2v) is 10.4. The number of nitrogens with one attached hydrogen (secondary N) is 2. The van der Waals surface area contributed by atoms with Crippen LogP contribution in [-0.4, -0.2) is 40.2 Å². The van der Waals surface area contributed by atoms with Crippen molar-refractivity contribution in [3.63, 3.8) is 0 Å². The Balaban J connectivity index is 1.29. The second kappa shape index (κ2) is 10.9. The molecular formula is C27H35F3N6O2. The summed E-state index contributed by atoms with van der Waals surface area (Å²) in [7, 11) is 0. The monoisotopic (exact) mass is 532 g/mol. The molecule has 1 aliphatic carbocycles. The van der Waals surface area contributed by atoms with Crippen LogP contribution in [0.3, 0.4) is 0 Å². The third-order valence-electron chi connectivity index (χ3n) is 7.83. The number of nitrogens with zero attached hydrogens (tertiary/aromatic N) is 3. The fourth-order valence-corrected chi connectivity index (χ4v) is 5.69. The van der Waals surface area contributed by atoms with Crippen LogP contribution in [0.15, 0.2) is 34.0 Å². The molecule has 3 atom stereocenters. The number of rotatable bonds is 12. The highest BCUT2D eigenvalue weighted by Crippen LogP contribution is 2.51. The second-order valence-electron chi connectivity index (χ2n) is 10.4. The van der Waals surface area contributed by atoms with Gasteiger partial charge in [-0.2, -0.15) is 18.2 Å². The van der Waals surface area contributed by atoms with Crippen LogP contribution in [0.2, 0.25) is 0 Å². The van der Waals surface area contributed by atoms with E-state index in [1.807, 2.05) is 0 Å². The minimum atomic E-state index is -4.59. The number of likely N-dealkylation sites (tertiary alicyclic amines) is 1. The van der Waals surface area contributed by atoms with E-state index >= 15 is 0 Å². The molecule has 0 saturated carbocycles. The van der Waals surface area contributed by atoms with Crippen molar-refractivity contribution >= 4 is 5.96 Å². The van der Waals surface area contributed by atoms with Crippen LogP contribution >= 0.6 is 0 Å². The summed E-state index contributed by atoms with van der Waals surface area (Å²) < 4.78 is 52.8. The van der Waals surface area contributed by atoms with Crippen molar-refractivity contribution in [2.24, 2.45) is 11.7 Å². The highest BCUT2D eigenvalue weighted by molar-refractivity contribution is 5.75. The Labute approximate surface area is 220 Å². The van der Waals surface area contributed by atoms with E-state index in [-0.39, 0.29) is 41.5 Å². The van der Waals surface area contributed by atoms with Gasteiger partial charge in [-0.25, -0.2) is 0 Å². The maximum absolute atomic E-state index is 13.9. The Morgan fingerprint density at radius 2 is 1.92 bits per heavy atom. The molecule has 1 aromatic heterocycles. The van der Waals surface area contributed by atoms with Gasteiger partial charge in [0, 0.05) is 30.1 Å². The van der Waals surface area contributed by atoms with Crippen molar-refractivity contribution in [1.82, 2.24) is 20.4 Å². The molecule has 0 spiro atoms. The molecule has 1 aromatic carbocycles. The number of nitrogens with two attached hydrogens (primary N) is 1. The van der Waals surface area contributed by atoms with Crippen LogP contribution < -0.4 is 15.8 Å². The van der Waals surface area contributed by atoms with Crippen LogP contribution in [0.1, 0.15) is 82.2 Å². The van der Waals surface area contributed by atoms with Crippen molar-refractivity contribution in [2.75, 3.05) is 13.2 Å². The highest BCUT2D eigenvalue weighted by Gasteiger charge is 2.51. The third kappa shape index (κ3) is 5.19. The van der Waals surface area contributed by atoms with Crippen LogP contribution in [0.5, 0.6) is 5.75 Å². The van der Waals surface area contributed by atoms with E-state index in [1.165, 1.54) is 42.7 Å². The quantitative estimate of drug-likeness (QED) is 0.181. The Morgan fingerprint density at radius 3 is 2.55 bits per heavy atom. The molecule has 0 amide bonds. The van der Waals surface area contributed by atoms with Gasteiger partial charge in [0.25, 0.3) is 0 Å². The standard InChI is InChI=1S/C27H35F3N6O2/c1-2-3-4-5-6-7-8-13-37-21-10-9-16(14-18(21)27(28,29)30)24-34-25(38-35-24)23-17(11-12-36(23)26(31)32)22-19-15-20(22)33-19/h9-10,14,17,19,23,33H,2-8,11-13,15H2,1H3,(H3,31,32)/t17?,19?,23-/m0/s1. The fraction of sp³-hybridized carbons (Fsp3) is 0.593. The maximum atomic E-state index is 13.9. The molecule has 2 aromatic rings. The summed E-state index contributed by atoms with van der Waals surface area (Å²) >= 11 is 0. The number of guanidine groups is 1. The molecule has 0 radical (unpaired) electrons. The number of hydrogen-bond acceptors (Lipinski definition) is 6. The van der Waals surface area contributed by atoms with E-state index in [2.05, 4.69) is 22.4 Å². The largest absolute Gasteiger partial charge is 0.493 e. The number of benzene rings is 1. The van der Waals surface area contributed by atoms with Crippen molar-refractivity contribution in [3.05, 3.63) is 40.9 Å². The molecule has 2 unspecified atom stereocenters. The van der Waals surface area contributed by atoms with E-state index in [9.17, 15) is 13.2 Å². The Morgan fingerprint density at radius 1 is 1.21 bits per heavy atom. The summed E-state index contributed by atoms with van der Waals surface area (Å²) in [6.07, 6.45) is 4.67. The van der Waals surface area contributed by atoms with Gasteiger partial charge < -0.3 is 25.2 Å². The minimum Gasteiger partial charge on any atom is -0.493 e. The lowest BCUT2D eigenvalue weighted by Gasteiger charge is -2.51. The Kier molecular flexibility index (Phi) is 7.54. The molecule has 8 nitrogen and oxygen atoms in total. The van der Waals surface area contributed by atoms with Gasteiger partial charge in [0.15, 0.2) is 5.96 Å². The zero-order chi connectivity index (χ0) is 26.9. The van der Waals surface area contributed by atoms with Crippen LogP contribution in [0, 0.1) is 11.3 Å². The van der Waals surface area contributed by atoms with Gasteiger partial charge in [-0.15, -0.1) is 0 Å². The van der Waals surface area contributed by atoms with E-state index in [0.717, 1.165) is 38.2 Å². The van der Waals surface area contributed by atoms with Gasteiger partial charge in [0.05, 0.1) is 18.2 Å². The van der Waals surface area contributed by atoms with E-state index in [0.29, 0.717) is 19.0 Å². The van der Waals surface area contributed by atoms with Gasteiger partial charge in [0.1, 0.15) is 11.8 Å². The molecule has 4 aliphatic rings. The van der Waals surface area contributed by atoms with Gasteiger partial charge in [-0.05, 0) is 36.6 Å². The fourth-order valence-electron chi connectivity index (χ4n) is 5.69. The van der Waals surface area contributed by atoms with E-state index in [1.54, 1.807) is 4.90 Å². The normalized spacial score (nSPS) is 22.2. The molecule has 3 aliphatic heterocycles. The summed E-state index contributed by atoms with van der Waals surface area (Å²) in [4.78, 5) is 6.19.